The van der Waals surface area contributed by atoms with E-state index in [0.29, 0.717) is 10.1 Å². The van der Waals surface area contributed by atoms with Crippen LogP contribution in [0, 0.1) is 11.6 Å². The molecule has 0 spiro atoms. The Morgan fingerprint density at radius 2 is 1.68 bits per heavy atom. The van der Waals surface area contributed by atoms with Gasteiger partial charge in [0.1, 0.15) is 11.6 Å². The molecule has 0 atom stereocenters. The van der Waals surface area contributed by atoms with E-state index in [1.807, 2.05) is 0 Å². The summed E-state index contributed by atoms with van der Waals surface area (Å²) in [5.41, 5.74) is -0.928. The van der Waals surface area contributed by atoms with E-state index in [4.69, 9.17) is 11.6 Å². The minimum absolute atomic E-state index is 0.0649. The number of halogens is 6. The number of fused-ring (bicyclic) bond motifs is 1. The summed E-state index contributed by atoms with van der Waals surface area (Å²) in [6, 6.07) is 12.1. The van der Waals surface area contributed by atoms with Crippen LogP contribution in [-0.4, -0.2) is 30.3 Å². The standard InChI is InChI=1S/C24H14ClF5N6O/c25-17-9-16(27)6-3-14(17)12-35-8-7-21(34-35)32-23(37)19-11-22-31-18(13-1-4-15(26)5-2-13)10-20(24(28,29)30)36(22)33-19/h1-11H,12H2,(H,32,34,37). The van der Waals surface area contributed by atoms with Gasteiger partial charge in [0, 0.05) is 28.9 Å². The van der Waals surface area contributed by atoms with Crippen LogP contribution in [0.15, 0.2) is 66.9 Å². The Hall–Kier alpha value is -4.32. The fraction of sp³-hybridized carbons (Fsp3) is 0.0833. The maximum absolute atomic E-state index is 13.8. The number of aromatic nitrogens is 5. The van der Waals surface area contributed by atoms with Crippen molar-refractivity contribution in [2.75, 3.05) is 5.32 Å². The minimum Gasteiger partial charge on any atom is -0.304 e. The molecule has 0 unspecified atom stereocenters. The summed E-state index contributed by atoms with van der Waals surface area (Å²) in [6.07, 6.45) is -3.27. The predicted molar refractivity (Wildman–Crippen MR) is 124 cm³/mol. The van der Waals surface area contributed by atoms with Crippen LogP contribution in [0.25, 0.3) is 16.9 Å². The maximum atomic E-state index is 13.8. The minimum atomic E-state index is -4.81. The molecule has 1 N–H and O–H groups in total. The summed E-state index contributed by atoms with van der Waals surface area (Å²) < 4.78 is 69.8. The molecule has 0 saturated carbocycles. The lowest BCUT2D eigenvalue weighted by Gasteiger charge is -2.11. The molecule has 188 valence electrons. The number of amides is 1. The van der Waals surface area contributed by atoms with Gasteiger partial charge >= 0.3 is 6.18 Å². The third-order valence-electron chi connectivity index (χ3n) is 5.32. The van der Waals surface area contributed by atoms with Crippen molar-refractivity contribution < 1.29 is 26.7 Å². The van der Waals surface area contributed by atoms with Gasteiger partial charge in [-0.1, -0.05) is 17.7 Å². The van der Waals surface area contributed by atoms with Crippen LogP contribution in [0.1, 0.15) is 21.7 Å². The number of carbonyl (C=O) groups excluding carboxylic acids is 1. The predicted octanol–water partition coefficient (Wildman–Crippen LogP) is 5.84. The quantitative estimate of drug-likeness (QED) is 0.288. The van der Waals surface area contributed by atoms with Gasteiger partial charge in [-0.05, 0) is 48.0 Å². The first-order chi connectivity index (χ1) is 17.6. The normalized spacial score (nSPS) is 11.7. The Bertz CT molecular complexity index is 1630. The van der Waals surface area contributed by atoms with Gasteiger partial charge in [0.2, 0.25) is 0 Å². The first kappa shape index (κ1) is 24.4. The van der Waals surface area contributed by atoms with E-state index >= 15 is 0 Å². The van der Waals surface area contributed by atoms with Gasteiger partial charge in [0.25, 0.3) is 5.91 Å². The highest BCUT2D eigenvalue weighted by Gasteiger charge is 2.35. The van der Waals surface area contributed by atoms with E-state index in [1.165, 1.54) is 41.2 Å². The van der Waals surface area contributed by atoms with Gasteiger partial charge < -0.3 is 5.32 Å². The van der Waals surface area contributed by atoms with Crippen LogP contribution in [0.3, 0.4) is 0 Å². The maximum Gasteiger partial charge on any atom is 0.433 e. The Kier molecular flexibility index (Phi) is 6.12. The Morgan fingerprint density at radius 1 is 0.946 bits per heavy atom. The number of anilines is 1. The van der Waals surface area contributed by atoms with Gasteiger partial charge in [-0.15, -0.1) is 0 Å². The number of rotatable bonds is 5. The van der Waals surface area contributed by atoms with Crippen LogP contribution < -0.4 is 5.32 Å². The van der Waals surface area contributed by atoms with Crippen LogP contribution in [0.2, 0.25) is 5.02 Å². The summed E-state index contributed by atoms with van der Waals surface area (Å²) >= 11 is 6.03. The molecule has 3 heterocycles. The molecule has 0 bridgehead atoms. The molecule has 0 fully saturated rings. The molecule has 13 heteroatoms. The zero-order chi connectivity index (χ0) is 26.3. The molecule has 3 aromatic heterocycles. The van der Waals surface area contributed by atoms with Crippen molar-refractivity contribution in [2.45, 2.75) is 12.7 Å². The lowest BCUT2D eigenvalue weighted by molar-refractivity contribution is -0.142. The van der Waals surface area contributed by atoms with Crippen LogP contribution in [0.4, 0.5) is 27.8 Å². The monoisotopic (exact) mass is 532 g/mol. The van der Waals surface area contributed by atoms with Gasteiger partial charge in [-0.2, -0.15) is 23.4 Å². The first-order valence-electron chi connectivity index (χ1n) is 10.6. The second-order valence-corrected chi connectivity index (χ2v) is 8.33. The molecule has 5 rings (SSSR count). The van der Waals surface area contributed by atoms with E-state index in [2.05, 4.69) is 20.5 Å². The Morgan fingerprint density at radius 3 is 2.38 bits per heavy atom. The summed E-state index contributed by atoms with van der Waals surface area (Å²) in [7, 11) is 0. The van der Waals surface area contributed by atoms with E-state index < -0.39 is 29.4 Å². The number of hydrogen-bond acceptors (Lipinski definition) is 4. The number of nitrogens with zero attached hydrogens (tertiary/aromatic N) is 5. The third-order valence-corrected chi connectivity index (χ3v) is 5.67. The van der Waals surface area contributed by atoms with Gasteiger partial charge in [0.15, 0.2) is 22.9 Å². The van der Waals surface area contributed by atoms with E-state index in [0.717, 1.165) is 30.3 Å². The van der Waals surface area contributed by atoms with Gasteiger partial charge in [0.05, 0.1) is 12.2 Å². The molecule has 0 saturated heterocycles. The molecule has 2 aromatic carbocycles. The number of benzene rings is 2. The number of alkyl halides is 3. The van der Waals surface area contributed by atoms with E-state index in [1.54, 1.807) is 0 Å². The van der Waals surface area contributed by atoms with Crippen molar-refractivity contribution in [2.24, 2.45) is 0 Å². The molecule has 0 radical (unpaired) electrons. The molecule has 1 amide bonds. The molecule has 0 aliphatic carbocycles. The largest absolute Gasteiger partial charge is 0.433 e. The van der Waals surface area contributed by atoms with Gasteiger partial charge in [-0.25, -0.2) is 18.3 Å². The topological polar surface area (TPSA) is 77.1 Å². The van der Waals surface area contributed by atoms with Crippen LogP contribution >= 0.6 is 11.6 Å². The van der Waals surface area contributed by atoms with E-state index in [-0.39, 0.29) is 40.0 Å². The highest BCUT2D eigenvalue weighted by atomic mass is 35.5. The second kappa shape index (κ2) is 9.28. The average molecular weight is 533 g/mol. The lowest BCUT2D eigenvalue weighted by Crippen LogP contribution is -2.16. The molecule has 0 aliphatic heterocycles. The van der Waals surface area contributed by atoms with Gasteiger partial charge in [-0.3, -0.25) is 9.48 Å². The van der Waals surface area contributed by atoms with Crippen LogP contribution in [0.5, 0.6) is 0 Å². The second-order valence-electron chi connectivity index (χ2n) is 7.92. The fourth-order valence-electron chi connectivity index (χ4n) is 3.58. The molecule has 37 heavy (non-hydrogen) atoms. The van der Waals surface area contributed by atoms with Crippen molar-refractivity contribution in [3.8, 4) is 11.3 Å². The van der Waals surface area contributed by atoms with Crippen LogP contribution in [-0.2, 0) is 12.7 Å². The fourth-order valence-corrected chi connectivity index (χ4v) is 3.80. The molecular weight excluding hydrogens is 519 g/mol. The third kappa shape index (κ3) is 5.14. The summed E-state index contributed by atoms with van der Waals surface area (Å²) in [5.74, 6) is -1.74. The Labute approximate surface area is 210 Å². The van der Waals surface area contributed by atoms with Crippen molar-refractivity contribution in [1.82, 2.24) is 24.4 Å². The lowest BCUT2D eigenvalue weighted by atomic mass is 10.1. The zero-order valence-corrected chi connectivity index (χ0v) is 19.2. The summed E-state index contributed by atoms with van der Waals surface area (Å²) in [6.45, 7) is 0.189. The number of hydrogen-bond donors (Lipinski definition) is 1. The van der Waals surface area contributed by atoms with Crippen molar-refractivity contribution in [3.63, 3.8) is 0 Å². The highest BCUT2D eigenvalue weighted by Crippen LogP contribution is 2.32. The number of carbonyl (C=O) groups is 1. The molecule has 5 aromatic rings. The SMILES string of the molecule is O=C(Nc1ccn(Cc2ccc(F)cc2Cl)n1)c1cc2nc(-c3ccc(F)cc3)cc(C(F)(F)F)n2n1. The molecular formula is C24H14ClF5N6O. The summed E-state index contributed by atoms with van der Waals surface area (Å²) in [5, 5.41) is 10.6. The first-order valence-corrected chi connectivity index (χ1v) is 11.0. The smallest absolute Gasteiger partial charge is 0.304 e. The Balaban J connectivity index is 1.42. The average Bonchev–Trinajstić information content (AvgIpc) is 3.47. The summed E-state index contributed by atoms with van der Waals surface area (Å²) in [4.78, 5) is 16.9. The zero-order valence-electron chi connectivity index (χ0n) is 18.5. The number of nitrogens with one attached hydrogen (secondary N) is 1. The van der Waals surface area contributed by atoms with Crippen molar-refractivity contribution >= 4 is 29.0 Å². The molecule has 7 nitrogen and oxygen atoms in total. The van der Waals surface area contributed by atoms with Crippen molar-refractivity contribution in [3.05, 3.63) is 100 Å². The highest BCUT2D eigenvalue weighted by molar-refractivity contribution is 6.31. The van der Waals surface area contributed by atoms with Crippen molar-refractivity contribution in [1.29, 1.82) is 0 Å². The molecule has 0 aliphatic rings. The van der Waals surface area contributed by atoms with E-state index in [9.17, 15) is 26.7 Å².